The molecule has 2 rings (SSSR count). The fourth-order valence-corrected chi connectivity index (χ4v) is 1.89. The summed E-state index contributed by atoms with van der Waals surface area (Å²) in [5.74, 6) is 1.35. The summed E-state index contributed by atoms with van der Waals surface area (Å²) >= 11 is 6.18. The van der Waals surface area contributed by atoms with Crippen LogP contribution in [0.5, 0.6) is 11.5 Å². The minimum absolute atomic E-state index is 0.587. The zero-order valence-corrected chi connectivity index (χ0v) is 10.9. The molecule has 3 nitrogen and oxygen atoms in total. The van der Waals surface area contributed by atoms with E-state index in [2.05, 4.69) is 4.98 Å². The molecular formula is C14H15ClN2O. The fourth-order valence-electron chi connectivity index (χ4n) is 1.65. The number of hydrogen-bond donors (Lipinski definition) is 1. The van der Waals surface area contributed by atoms with Crippen LogP contribution in [0.3, 0.4) is 0 Å². The Labute approximate surface area is 112 Å². The molecule has 0 aliphatic carbocycles. The summed E-state index contributed by atoms with van der Waals surface area (Å²) in [4.78, 5) is 4.17. The zero-order valence-electron chi connectivity index (χ0n) is 10.2. The van der Waals surface area contributed by atoms with Crippen LogP contribution in [-0.4, -0.2) is 11.5 Å². The predicted octanol–water partition coefficient (Wildman–Crippen LogP) is 3.34. The van der Waals surface area contributed by atoms with Crippen molar-refractivity contribution in [3.05, 3.63) is 52.8 Å². The second-order valence-corrected chi connectivity index (χ2v) is 4.40. The van der Waals surface area contributed by atoms with E-state index < -0.39 is 0 Å². The van der Waals surface area contributed by atoms with Crippen LogP contribution in [0.4, 0.5) is 0 Å². The summed E-state index contributed by atoms with van der Waals surface area (Å²) in [6, 6.07) is 9.42. The van der Waals surface area contributed by atoms with Crippen molar-refractivity contribution >= 4 is 11.6 Å². The monoisotopic (exact) mass is 262 g/mol. The van der Waals surface area contributed by atoms with Gasteiger partial charge in [0.2, 0.25) is 0 Å². The van der Waals surface area contributed by atoms with Gasteiger partial charge in [-0.3, -0.25) is 4.98 Å². The average Bonchev–Trinajstić information content (AvgIpc) is 2.35. The molecule has 1 heterocycles. The summed E-state index contributed by atoms with van der Waals surface area (Å²) in [5.41, 5.74) is 7.45. The van der Waals surface area contributed by atoms with Crippen molar-refractivity contribution in [2.45, 2.75) is 13.3 Å². The van der Waals surface area contributed by atoms with Crippen LogP contribution >= 0.6 is 11.6 Å². The lowest BCUT2D eigenvalue weighted by atomic mass is 10.1. The van der Waals surface area contributed by atoms with Crippen molar-refractivity contribution in [2.75, 3.05) is 6.54 Å². The average molecular weight is 263 g/mol. The summed E-state index contributed by atoms with van der Waals surface area (Å²) in [6.07, 6.45) is 2.54. The SMILES string of the molecule is Cc1ncccc1Oc1ccc(CCN)cc1Cl. The molecule has 18 heavy (non-hydrogen) atoms. The van der Waals surface area contributed by atoms with Gasteiger partial charge in [0.15, 0.2) is 0 Å². The third-order valence-corrected chi connectivity index (χ3v) is 2.90. The standard InChI is InChI=1S/C14H15ClN2O/c1-10-13(3-2-8-17-10)18-14-5-4-11(6-7-16)9-12(14)15/h2-5,8-9H,6-7,16H2,1H3. The summed E-state index contributed by atoms with van der Waals surface area (Å²) in [6.45, 7) is 2.50. The van der Waals surface area contributed by atoms with Crippen molar-refractivity contribution in [3.63, 3.8) is 0 Å². The molecule has 1 aromatic carbocycles. The number of aromatic nitrogens is 1. The highest BCUT2D eigenvalue weighted by molar-refractivity contribution is 6.32. The number of pyridine rings is 1. The van der Waals surface area contributed by atoms with Gasteiger partial charge in [-0.2, -0.15) is 0 Å². The van der Waals surface area contributed by atoms with Crippen LogP contribution in [0.1, 0.15) is 11.3 Å². The molecule has 0 fully saturated rings. The molecule has 2 N–H and O–H groups in total. The molecule has 4 heteroatoms. The van der Waals surface area contributed by atoms with Gasteiger partial charge in [-0.05, 0) is 49.7 Å². The van der Waals surface area contributed by atoms with Crippen LogP contribution in [0, 0.1) is 6.92 Å². The van der Waals surface area contributed by atoms with Crippen LogP contribution in [-0.2, 0) is 6.42 Å². The Morgan fingerprint density at radius 2 is 2.11 bits per heavy atom. The highest BCUT2D eigenvalue weighted by atomic mass is 35.5. The third-order valence-electron chi connectivity index (χ3n) is 2.61. The molecule has 1 aromatic heterocycles. The van der Waals surface area contributed by atoms with Crippen molar-refractivity contribution < 1.29 is 4.74 Å². The Kier molecular flexibility index (Phi) is 4.18. The summed E-state index contributed by atoms with van der Waals surface area (Å²) in [5, 5.41) is 0.587. The molecule has 0 aliphatic heterocycles. The Bertz CT molecular complexity index is 543. The van der Waals surface area contributed by atoms with Crippen molar-refractivity contribution in [2.24, 2.45) is 5.73 Å². The van der Waals surface area contributed by atoms with E-state index in [1.54, 1.807) is 6.20 Å². The predicted molar refractivity (Wildman–Crippen MR) is 73.3 cm³/mol. The largest absolute Gasteiger partial charge is 0.454 e. The van der Waals surface area contributed by atoms with Gasteiger partial charge in [0.25, 0.3) is 0 Å². The van der Waals surface area contributed by atoms with Gasteiger partial charge in [-0.15, -0.1) is 0 Å². The second-order valence-electron chi connectivity index (χ2n) is 3.99. The van der Waals surface area contributed by atoms with Gasteiger partial charge in [0.1, 0.15) is 11.5 Å². The molecule has 0 amide bonds. The Morgan fingerprint density at radius 3 is 2.78 bits per heavy atom. The van der Waals surface area contributed by atoms with E-state index in [4.69, 9.17) is 22.1 Å². The zero-order chi connectivity index (χ0) is 13.0. The maximum Gasteiger partial charge on any atom is 0.148 e. The van der Waals surface area contributed by atoms with Crippen LogP contribution in [0.2, 0.25) is 5.02 Å². The number of nitrogens with two attached hydrogens (primary N) is 1. The highest BCUT2D eigenvalue weighted by Crippen LogP contribution is 2.31. The lowest BCUT2D eigenvalue weighted by molar-refractivity contribution is 0.476. The molecule has 0 saturated heterocycles. The molecule has 0 radical (unpaired) electrons. The van der Waals surface area contributed by atoms with E-state index in [-0.39, 0.29) is 0 Å². The van der Waals surface area contributed by atoms with E-state index >= 15 is 0 Å². The first-order chi connectivity index (χ1) is 8.70. The van der Waals surface area contributed by atoms with E-state index in [1.807, 2.05) is 37.3 Å². The molecule has 0 unspecified atom stereocenters. The molecule has 0 spiro atoms. The first-order valence-electron chi connectivity index (χ1n) is 5.78. The first kappa shape index (κ1) is 12.9. The smallest absolute Gasteiger partial charge is 0.148 e. The number of hydrogen-bond acceptors (Lipinski definition) is 3. The molecule has 0 saturated carbocycles. The number of benzene rings is 1. The molecule has 94 valence electrons. The minimum atomic E-state index is 0.587. The van der Waals surface area contributed by atoms with Crippen LogP contribution in [0.15, 0.2) is 36.5 Å². The lowest BCUT2D eigenvalue weighted by Crippen LogP contribution is -2.02. The maximum atomic E-state index is 6.18. The Morgan fingerprint density at radius 1 is 1.28 bits per heavy atom. The quantitative estimate of drug-likeness (QED) is 0.919. The highest BCUT2D eigenvalue weighted by Gasteiger charge is 2.06. The normalized spacial score (nSPS) is 10.4. The topological polar surface area (TPSA) is 48.1 Å². The Balaban J connectivity index is 2.22. The summed E-state index contributed by atoms with van der Waals surface area (Å²) in [7, 11) is 0. The van der Waals surface area contributed by atoms with E-state index in [9.17, 15) is 0 Å². The van der Waals surface area contributed by atoms with Gasteiger partial charge in [0.05, 0.1) is 10.7 Å². The number of aryl methyl sites for hydroxylation is 1. The first-order valence-corrected chi connectivity index (χ1v) is 6.16. The van der Waals surface area contributed by atoms with Gasteiger partial charge >= 0.3 is 0 Å². The van der Waals surface area contributed by atoms with Crippen molar-refractivity contribution in [1.29, 1.82) is 0 Å². The second kappa shape index (κ2) is 5.85. The number of ether oxygens (including phenoxy) is 1. The van der Waals surface area contributed by atoms with Gasteiger partial charge in [-0.25, -0.2) is 0 Å². The van der Waals surface area contributed by atoms with Gasteiger partial charge < -0.3 is 10.5 Å². The number of halogens is 1. The maximum absolute atomic E-state index is 6.18. The fraction of sp³-hybridized carbons (Fsp3) is 0.214. The van der Waals surface area contributed by atoms with Gasteiger partial charge in [-0.1, -0.05) is 17.7 Å². The van der Waals surface area contributed by atoms with E-state index in [0.29, 0.717) is 23.1 Å². The molecular weight excluding hydrogens is 248 g/mol. The molecule has 0 atom stereocenters. The van der Waals surface area contributed by atoms with Crippen LogP contribution < -0.4 is 10.5 Å². The Hall–Kier alpha value is -1.58. The summed E-state index contributed by atoms with van der Waals surface area (Å²) < 4.78 is 5.75. The van der Waals surface area contributed by atoms with Crippen molar-refractivity contribution in [3.8, 4) is 11.5 Å². The number of nitrogens with zero attached hydrogens (tertiary/aromatic N) is 1. The van der Waals surface area contributed by atoms with Gasteiger partial charge in [0, 0.05) is 6.20 Å². The molecule has 0 bridgehead atoms. The van der Waals surface area contributed by atoms with Crippen LogP contribution in [0.25, 0.3) is 0 Å². The molecule has 0 aliphatic rings. The van der Waals surface area contributed by atoms with E-state index in [1.165, 1.54) is 0 Å². The van der Waals surface area contributed by atoms with Crippen molar-refractivity contribution in [1.82, 2.24) is 4.98 Å². The number of rotatable bonds is 4. The van der Waals surface area contributed by atoms with E-state index in [0.717, 1.165) is 17.7 Å². The third kappa shape index (κ3) is 3.00. The minimum Gasteiger partial charge on any atom is -0.454 e. The lowest BCUT2D eigenvalue weighted by Gasteiger charge is -2.10. The molecule has 2 aromatic rings.